The molecule has 0 unspecified atom stereocenters. The molecule has 1 aliphatic heterocycles. The average molecular weight is 388 g/mol. The van der Waals surface area contributed by atoms with Crippen LogP contribution in [0.15, 0.2) is 47.4 Å². The van der Waals surface area contributed by atoms with Gasteiger partial charge in [-0.25, -0.2) is 13.1 Å². The Balaban J connectivity index is 1.83. The number of hydrogen-bond donors (Lipinski definition) is 1. The molecule has 1 saturated heterocycles. The van der Waals surface area contributed by atoms with Gasteiger partial charge in [-0.3, -0.25) is 4.79 Å². The van der Waals surface area contributed by atoms with Gasteiger partial charge in [-0.2, -0.15) is 0 Å². The lowest BCUT2D eigenvalue weighted by atomic mass is 10.1. The van der Waals surface area contributed by atoms with Crippen LogP contribution >= 0.6 is 0 Å². The summed E-state index contributed by atoms with van der Waals surface area (Å²) in [5.41, 5.74) is 2.26. The molecule has 3 rings (SSSR count). The molecule has 7 heteroatoms. The molecule has 1 amide bonds. The van der Waals surface area contributed by atoms with Gasteiger partial charge in [0.2, 0.25) is 10.0 Å². The maximum absolute atomic E-state index is 12.7. The van der Waals surface area contributed by atoms with E-state index in [4.69, 9.17) is 4.74 Å². The van der Waals surface area contributed by atoms with Crippen LogP contribution in [0.1, 0.15) is 34.3 Å². The second-order valence-corrected chi connectivity index (χ2v) is 8.44. The third-order valence-corrected chi connectivity index (χ3v) is 6.09. The van der Waals surface area contributed by atoms with Crippen LogP contribution in [-0.2, 0) is 16.6 Å². The summed E-state index contributed by atoms with van der Waals surface area (Å²) in [5, 5.41) is 0. The second-order valence-electron chi connectivity index (χ2n) is 6.67. The summed E-state index contributed by atoms with van der Waals surface area (Å²) in [7, 11) is -2.28. The van der Waals surface area contributed by atoms with E-state index in [0.29, 0.717) is 18.8 Å². The van der Waals surface area contributed by atoms with Gasteiger partial charge in [0, 0.05) is 19.6 Å². The first-order valence-electron chi connectivity index (χ1n) is 8.93. The number of sulfonamides is 1. The van der Waals surface area contributed by atoms with E-state index in [0.717, 1.165) is 24.0 Å². The van der Waals surface area contributed by atoms with E-state index in [1.54, 1.807) is 4.90 Å². The Labute approximate surface area is 160 Å². The van der Waals surface area contributed by atoms with Crippen LogP contribution in [0.3, 0.4) is 0 Å². The highest BCUT2D eigenvalue weighted by atomic mass is 32.2. The molecule has 1 aliphatic rings. The fraction of sp³-hybridized carbons (Fsp3) is 0.350. The molecule has 27 heavy (non-hydrogen) atoms. The number of benzene rings is 2. The topological polar surface area (TPSA) is 75.7 Å². The number of aryl methyl sites for hydroxylation is 1. The minimum Gasteiger partial charge on any atom is -0.496 e. The highest BCUT2D eigenvalue weighted by molar-refractivity contribution is 7.89. The van der Waals surface area contributed by atoms with Gasteiger partial charge in [0.15, 0.2) is 0 Å². The number of hydrogen-bond acceptors (Lipinski definition) is 4. The minimum atomic E-state index is -3.75. The van der Waals surface area contributed by atoms with Gasteiger partial charge in [-0.1, -0.05) is 29.8 Å². The molecule has 6 nitrogen and oxygen atoms in total. The molecule has 1 N–H and O–H groups in total. The molecule has 0 spiro atoms. The summed E-state index contributed by atoms with van der Waals surface area (Å²) < 4.78 is 33.2. The van der Waals surface area contributed by atoms with Gasteiger partial charge in [-0.05, 0) is 43.5 Å². The largest absolute Gasteiger partial charge is 0.496 e. The SMILES string of the molecule is COc1ccc(S(=O)(=O)NCc2ccc(C)cc2)cc1C(=O)N1CCCC1. The van der Waals surface area contributed by atoms with Crippen LogP contribution in [0.4, 0.5) is 0 Å². The number of ether oxygens (including phenoxy) is 1. The van der Waals surface area contributed by atoms with Crippen LogP contribution in [0.2, 0.25) is 0 Å². The summed E-state index contributed by atoms with van der Waals surface area (Å²) in [4.78, 5) is 14.5. The molecular weight excluding hydrogens is 364 g/mol. The van der Waals surface area contributed by atoms with Crippen LogP contribution in [0, 0.1) is 6.92 Å². The third kappa shape index (κ3) is 4.48. The number of carbonyl (C=O) groups is 1. The molecule has 1 fully saturated rings. The van der Waals surface area contributed by atoms with E-state index < -0.39 is 10.0 Å². The van der Waals surface area contributed by atoms with E-state index in [1.165, 1.54) is 25.3 Å². The van der Waals surface area contributed by atoms with Crippen molar-refractivity contribution in [3.8, 4) is 5.75 Å². The lowest BCUT2D eigenvalue weighted by Gasteiger charge is -2.18. The molecule has 2 aromatic rings. The van der Waals surface area contributed by atoms with Crippen LogP contribution < -0.4 is 9.46 Å². The van der Waals surface area contributed by atoms with Crippen molar-refractivity contribution in [1.82, 2.24) is 9.62 Å². The molecule has 0 atom stereocenters. The Kier molecular flexibility index (Phi) is 5.82. The fourth-order valence-electron chi connectivity index (χ4n) is 3.08. The first-order chi connectivity index (χ1) is 12.9. The molecule has 0 aliphatic carbocycles. The Hall–Kier alpha value is -2.38. The smallest absolute Gasteiger partial charge is 0.257 e. The number of carbonyl (C=O) groups excluding carboxylic acids is 1. The van der Waals surface area contributed by atoms with Gasteiger partial charge in [0.05, 0.1) is 17.6 Å². The molecule has 0 bridgehead atoms. The highest BCUT2D eigenvalue weighted by Gasteiger charge is 2.25. The minimum absolute atomic E-state index is 0.0537. The van der Waals surface area contributed by atoms with E-state index in [9.17, 15) is 13.2 Å². The molecule has 0 aromatic heterocycles. The summed E-state index contributed by atoms with van der Waals surface area (Å²) in [6, 6.07) is 12.0. The number of amides is 1. The molecule has 0 radical (unpaired) electrons. The van der Waals surface area contributed by atoms with Crippen molar-refractivity contribution in [2.24, 2.45) is 0 Å². The van der Waals surface area contributed by atoms with Crippen molar-refractivity contribution < 1.29 is 17.9 Å². The summed E-state index contributed by atoms with van der Waals surface area (Å²) in [5.74, 6) is 0.185. The van der Waals surface area contributed by atoms with E-state index in [-0.39, 0.29) is 22.9 Å². The molecule has 0 saturated carbocycles. The first kappa shape index (κ1) is 19.4. The van der Waals surface area contributed by atoms with Gasteiger partial charge in [0.1, 0.15) is 5.75 Å². The van der Waals surface area contributed by atoms with E-state index in [2.05, 4.69) is 4.72 Å². The maximum atomic E-state index is 12.7. The van der Waals surface area contributed by atoms with Crippen molar-refractivity contribution in [3.05, 3.63) is 59.2 Å². The zero-order chi connectivity index (χ0) is 19.4. The summed E-state index contributed by atoms with van der Waals surface area (Å²) in [6.45, 7) is 3.53. The standard InChI is InChI=1S/C20H24N2O4S/c1-15-5-7-16(8-6-15)14-21-27(24,25)17-9-10-19(26-2)18(13-17)20(23)22-11-3-4-12-22/h5-10,13,21H,3-4,11-12,14H2,1-2H3. The lowest BCUT2D eigenvalue weighted by Crippen LogP contribution is -2.29. The zero-order valence-electron chi connectivity index (χ0n) is 15.6. The van der Waals surface area contributed by atoms with Crippen LogP contribution in [0.25, 0.3) is 0 Å². The molecular formula is C20H24N2O4S. The van der Waals surface area contributed by atoms with E-state index in [1.807, 2.05) is 31.2 Å². The zero-order valence-corrected chi connectivity index (χ0v) is 16.4. The number of nitrogens with zero attached hydrogens (tertiary/aromatic N) is 1. The van der Waals surface area contributed by atoms with Crippen molar-refractivity contribution in [1.29, 1.82) is 0 Å². The third-order valence-electron chi connectivity index (χ3n) is 4.69. The Morgan fingerprint density at radius 1 is 1.11 bits per heavy atom. The Bertz CT molecular complexity index is 917. The summed E-state index contributed by atoms with van der Waals surface area (Å²) >= 11 is 0. The monoisotopic (exact) mass is 388 g/mol. The van der Waals surface area contributed by atoms with Crippen molar-refractivity contribution in [3.63, 3.8) is 0 Å². The van der Waals surface area contributed by atoms with Gasteiger partial charge >= 0.3 is 0 Å². The van der Waals surface area contributed by atoms with Crippen LogP contribution in [-0.4, -0.2) is 39.4 Å². The van der Waals surface area contributed by atoms with Gasteiger partial charge < -0.3 is 9.64 Å². The predicted octanol–water partition coefficient (Wildman–Crippen LogP) is 2.72. The van der Waals surface area contributed by atoms with E-state index >= 15 is 0 Å². The van der Waals surface area contributed by atoms with Crippen LogP contribution in [0.5, 0.6) is 5.75 Å². The maximum Gasteiger partial charge on any atom is 0.257 e. The number of nitrogens with one attached hydrogen (secondary N) is 1. The second kappa shape index (κ2) is 8.10. The Morgan fingerprint density at radius 2 is 1.78 bits per heavy atom. The van der Waals surface area contributed by atoms with Crippen molar-refractivity contribution >= 4 is 15.9 Å². The number of likely N-dealkylation sites (tertiary alicyclic amines) is 1. The summed E-state index contributed by atoms with van der Waals surface area (Å²) in [6.07, 6.45) is 1.92. The van der Waals surface area contributed by atoms with Crippen molar-refractivity contribution in [2.75, 3.05) is 20.2 Å². The van der Waals surface area contributed by atoms with Crippen molar-refractivity contribution in [2.45, 2.75) is 31.2 Å². The van der Waals surface area contributed by atoms with Gasteiger partial charge in [-0.15, -0.1) is 0 Å². The average Bonchev–Trinajstić information content (AvgIpc) is 3.21. The van der Waals surface area contributed by atoms with Gasteiger partial charge in [0.25, 0.3) is 5.91 Å². The lowest BCUT2D eigenvalue weighted by molar-refractivity contribution is 0.0789. The Morgan fingerprint density at radius 3 is 2.41 bits per heavy atom. The predicted molar refractivity (Wildman–Crippen MR) is 103 cm³/mol. The highest BCUT2D eigenvalue weighted by Crippen LogP contribution is 2.25. The quantitative estimate of drug-likeness (QED) is 0.826. The fourth-order valence-corrected chi connectivity index (χ4v) is 4.12. The first-order valence-corrected chi connectivity index (χ1v) is 10.4. The molecule has 144 valence electrons. The normalized spacial score (nSPS) is 14.4. The number of rotatable bonds is 6. The number of methoxy groups -OCH3 is 1. The molecule has 2 aromatic carbocycles. The molecule has 1 heterocycles.